The zero-order chi connectivity index (χ0) is 15.7. The minimum absolute atomic E-state index is 0.134. The maximum atomic E-state index is 11.4. The molecule has 110 valence electrons. The third-order valence-corrected chi connectivity index (χ3v) is 4.55. The van der Waals surface area contributed by atoms with Crippen molar-refractivity contribution in [3.8, 4) is 0 Å². The van der Waals surface area contributed by atoms with Gasteiger partial charge in [-0.2, -0.15) is 0 Å². The lowest BCUT2D eigenvalue weighted by atomic mass is 9.90. The van der Waals surface area contributed by atoms with Gasteiger partial charge < -0.3 is 4.43 Å². The highest BCUT2D eigenvalue weighted by atomic mass is 28.2. The Balaban J connectivity index is 2.52. The van der Waals surface area contributed by atoms with Gasteiger partial charge in [0.05, 0.1) is 5.60 Å². The fourth-order valence-electron chi connectivity index (χ4n) is 2.31. The lowest BCUT2D eigenvalue weighted by molar-refractivity contribution is 0.110. The molecule has 0 atom stereocenters. The van der Waals surface area contributed by atoms with Crippen molar-refractivity contribution in [3.63, 3.8) is 0 Å². The van der Waals surface area contributed by atoms with E-state index >= 15 is 0 Å². The van der Waals surface area contributed by atoms with E-state index in [1.54, 1.807) is 0 Å². The van der Waals surface area contributed by atoms with Gasteiger partial charge in [0.25, 0.3) is 0 Å². The van der Waals surface area contributed by atoms with Crippen LogP contribution in [-0.4, -0.2) is 16.0 Å². The van der Waals surface area contributed by atoms with Crippen LogP contribution >= 0.6 is 0 Å². The summed E-state index contributed by atoms with van der Waals surface area (Å²) < 4.78 is 6.20. The topological polar surface area (TPSA) is 26.3 Å². The molecule has 0 N–H and O–H groups in total. The molecule has 0 unspecified atom stereocenters. The maximum absolute atomic E-state index is 11.4. The highest BCUT2D eigenvalue weighted by molar-refractivity contribution is 6.31. The molecule has 0 aliphatic heterocycles. The van der Waals surface area contributed by atoms with Crippen molar-refractivity contribution in [1.82, 2.24) is 0 Å². The molecular weight excluding hydrogens is 276 g/mol. The van der Waals surface area contributed by atoms with Crippen LogP contribution in [-0.2, 0) is 10.0 Å². The molecule has 21 heavy (non-hydrogen) atoms. The van der Waals surface area contributed by atoms with Gasteiger partial charge in [0.1, 0.15) is 0 Å². The van der Waals surface area contributed by atoms with Crippen LogP contribution in [0.15, 0.2) is 36.4 Å². The molecule has 2 nitrogen and oxygen atoms in total. The molecule has 2 rings (SSSR count). The Kier molecular flexibility index (Phi) is 4.35. The zero-order valence-corrected chi connectivity index (χ0v) is 14.4. The number of carbonyl (C=O) groups excluding carboxylic acids is 1. The van der Waals surface area contributed by atoms with Crippen molar-refractivity contribution in [2.45, 2.75) is 45.3 Å². The lowest BCUT2D eigenvalue weighted by Gasteiger charge is -2.31. The summed E-state index contributed by atoms with van der Waals surface area (Å²) in [7, 11) is 0.399. The molecule has 2 aromatic rings. The Labute approximate surface area is 129 Å². The summed E-state index contributed by atoms with van der Waals surface area (Å²) in [5.41, 5.74) is 1.36. The minimum atomic E-state index is -0.426. The molecule has 0 aromatic heterocycles. The van der Waals surface area contributed by atoms with Crippen molar-refractivity contribution in [1.29, 1.82) is 0 Å². The van der Waals surface area contributed by atoms with Crippen molar-refractivity contribution < 1.29 is 9.22 Å². The molecule has 0 amide bonds. The van der Waals surface area contributed by atoms with Crippen LogP contribution < -0.4 is 0 Å². The Hall–Kier alpha value is -1.45. The number of benzene rings is 2. The number of rotatable bonds is 4. The Morgan fingerprint density at radius 1 is 1.00 bits per heavy atom. The summed E-state index contributed by atoms with van der Waals surface area (Å²) in [4.78, 5) is 11.4. The molecule has 0 saturated carbocycles. The van der Waals surface area contributed by atoms with Gasteiger partial charge in [-0.15, -0.1) is 0 Å². The van der Waals surface area contributed by atoms with E-state index in [0.29, 0.717) is 9.76 Å². The normalized spacial score (nSPS) is 12.6. The minimum Gasteiger partial charge on any atom is -0.408 e. The van der Waals surface area contributed by atoms with Crippen LogP contribution in [0.1, 0.15) is 50.5 Å². The van der Waals surface area contributed by atoms with Crippen LogP contribution in [0.5, 0.6) is 0 Å². The molecule has 0 heterocycles. The van der Waals surface area contributed by atoms with E-state index in [1.165, 1.54) is 0 Å². The first-order chi connectivity index (χ1) is 9.74. The van der Waals surface area contributed by atoms with Crippen molar-refractivity contribution >= 4 is 26.8 Å². The molecule has 0 bridgehead atoms. The Morgan fingerprint density at radius 3 is 2.19 bits per heavy atom. The molecule has 0 aliphatic carbocycles. The zero-order valence-electron chi connectivity index (χ0n) is 13.4. The van der Waals surface area contributed by atoms with Crippen molar-refractivity contribution in [3.05, 3.63) is 47.5 Å². The highest BCUT2D eigenvalue weighted by Gasteiger charge is 2.27. The average Bonchev–Trinajstić information content (AvgIpc) is 2.43. The smallest absolute Gasteiger partial charge is 0.236 e. The molecule has 3 heteroatoms. The molecule has 0 spiro atoms. The van der Waals surface area contributed by atoms with Crippen molar-refractivity contribution in [2.75, 3.05) is 0 Å². The maximum Gasteiger partial charge on any atom is 0.236 e. The first kappa shape index (κ1) is 15.9. The fraction of sp³-hybridized carbons (Fsp3) is 0.389. The third-order valence-electron chi connectivity index (χ3n) is 3.32. The molecule has 2 radical (unpaired) electrons. The van der Waals surface area contributed by atoms with Gasteiger partial charge in [-0.25, -0.2) is 0 Å². The van der Waals surface area contributed by atoms with Crippen LogP contribution in [0, 0.1) is 0 Å². The summed E-state index contributed by atoms with van der Waals surface area (Å²) in [6.07, 6.45) is 0.925. The first-order valence-electron chi connectivity index (χ1n) is 7.17. The predicted molar refractivity (Wildman–Crippen MR) is 88.9 cm³/mol. The fourth-order valence-corrected chi connectivity index (χ4v) is 2.98. The van der Waals surface area contributed by atoms with Gasteiger partial charge in [0.15, 0.2) is 6.29 Å². The summed E-state index contributed by atoms with van der Waals surface area (Å²) in [5.74, 6) is 0. The predicted octanol–water partition coefficient (Wildman–Crippen LogP) is 4.74. The molecular formula is C18H22O2Si. The molecule has 2 aromatic carbocycles. The van der Waals surface area contributed by atoms with Crippen LogP contribution in [0.25, 0.3) is 10.8 Å². The van der Waals surface area contributed by atoms with Gasteiger partial charge in [-0.1, -0.05) is 57.2 Å². The second-order valence-electron chi connectivity index (χ2n) is 6.83. The van der Waals surface area contributed by atoms with E-state index in [-0.39, 0.29) is 5.04 Å². The average molecular weight is 298 g/mol. The van der Waals surface area contributed by atoms with Crippen molar-refractivity contribution in [2.24, 2.45) is 0 Å². The lowest BCUT2D eigenvalue weighted by Crippen LogP contribution is -2.28. The third kappa shape index (κ3) is 3.60. The SMILES string of the molecule is CC(C)(C)[Si]OC(C)(C)c1cccc2cccc(C=O)c12. The largest absolute Gasteiger partial charge is 0.408 e. The summed E-state index contributed by atoms with van der Waals surface area (Å²) in [6, 6.07) is 11.9. The molecule has 0 fully saturated rings. The van der Waals surface area contributed by atoms with Crippen LogP contribution in [0.3, 0.4) is 0 Å². The Bertz CT molecular complexity index is 649. The number of hydrogen-bond donors (Lipinski definition) is 0. The second kappa shape index (κ2) is 5.74. The molecule has 0 aliphatic rings. The first-order valence-corrected chi connectivity index (χ1v) is 8.08. The van der Waals surface area contributed by atoms with Gasteiger partial charge in [0, 0.05) is 5.56 Å². The van der Waals surface area contributed by atoms with Crippen LogP contribution in [0.4, 0.5) is 0 Å². The highest BCUT2D eigenvalue weighted by Crippen LogP contribution is 2.34. The summed E-state index contributed by atoms with van der Waals surface area (Å²) in [5, 5.41) is 2.21. The van der Waals surface area contributed by atoms with E-state index in [2.05, 4.69) is 40.7 Å². The summed E-state index contributed by atoms with van der Waals surface area (Å²) in [6.45, 7) is 10.6. The standard InChI is InChI=1S/C18H22O2Si/c1-17(2,3)21-20-18(4,5)15-11-7-9-13-8-6-10-14(12-19)16(13)15/h6-12H,1-5H3. The van der Waals surface area contributed by atoms with Gasteiger partial charge in [0.2, 0.25) is 9.76 Å². The van der Waals surface area contributed by atoms with E-state index < -0.39 is 5.60 Å². The van der Waals surface area contributed by atoms with Crippen LogP contribution in [0.2, 0.25) is 5.04 Å². The number of hydrogen-bond acceptors (Lipinski definition) is 2. The van der Waals surface area contributed by atoms with Gasteiger partial charge in [-0.05, 0) is 35.2 Å². The molecule has 0 saturated heterocycles. The monoisotopic (exact) mass is 298 g/mol. The second-order valence-corrected chi connectivity index (χ2v) is 8.74. The quantitative estimate of drug-likeness (QED) is 0.602. The number of carbonyl (C=O) groups is 1. The van der Waals surface area contributed by atoms with E-state index in [9.17, 15) is 4.79 Å². The van der Waals surface area contributed by atoms with E-state index in [0.717, 1.165) is 28.2 Å². The number of fused-ring (bicyclic) bond motifs is 1. The van der Waals surface area contributed by atoms with E-state index in [4.69, 9.17) is 4.43 Å². The van der Waals surface area contributed by atoms with Gasteiger partial charge in [-0.3, -0.25) is 4.79 Å². The van der Waals surface area contributed by atoms with E-state index in [1.807, 2.05) is 30.3 Å². The Morgan fingerprint density at radius 2 is 1.62 bits per heavy atom. The number of aldehydes is 1. The van der Waals surface area contributed by atoms with Gasteiger partial charge >= 0.3 is 0 Å². The summed E-state index contributed by atoms with van der Waals surface area (Å²) >= 11 is 0.